The van der Waals surface area contributed by atoms with Gasteiger partial charge in [0.2, 0.25) is 0 Å². The van der Waals surface area contributed by atoms with Crippen LogP contribution < -0.4 is 0 Å². The van der Waals surface area contributed by atoms with Crippen molar-refractivity contribution in [3.63, 3.8) is 0 Å². The van der Waals surface area contributed by atoms with E-state index in [-0.39, 0.29) is 0 Å². The molecule has 0 radical (unpaired) electrons. The fourth-order valence-electron chi connectivity index (χ4n) is 2.81. The van der Waals surface area contributed by atoms with Crippen LogP contribution in [0.15, 0.2) is 42.5 Å². The van der Waals surface area contributed by atoms with Gasteiger partial charge in [0.05, 0.1) is 5.52 Å². The van der Waals surface area contributed by atoms with Gasteiger partial charge in [-0.3, -0.25) is 0 Å². The first-order valence-corrected chi connectivity index (χ1v) is 7.36. The molecule has 0 aliphatic heterocycles. The van der Waals surface area contributed by atoms with E-state index in [4.69, 9.17) is 11.6 Å². The van der Waals surface area contributed by atoms with Crippen LogP contribution in [-0.2, 0) is 6.54 Å². The van der Waals surface area contributed by atoms with Gasteiger partial charge in [-0.15, -0.1) is 0 Å². The van der Waals surface area contributed by atoms with Gasteiger partial charge in [0.1, 0.15) is 0 Å². The second-order valence-electron chi connectivity index (χ2n) is 5.49. The van der Waals surface area contributed by atoms with Crippen molar-refractivity contribution < 1.29 is 0 Å². The zero-order chi connectivity index (χ0) is 14.1. The first-order valence-electron chi connectivity index (χ1n) is 6.98. The van der Waals surface area contributed by atoms with Gasteiger partial charge in [-0.2, -0.15) is 0 Å². The summed E-state index contributed by atoms with van der Waals surface area (Å²) in [6.07, 6.45) is 1.13. The summed E-state index contributed by atoms with van der Waals surface area (Å²) in [6.45, 7) is 2.11. The van der Waals surface area contributed by atoms with Crippen molar-refractivity contribution in [1.29, 1.82) is 0 Å². The van der Waals surface area contributed by atoms with Crippen molar-refractivity contribution in [3.8, 4) is 0 Å². The second kappa shape index (κ2) is 5.47. The fourth-order valence-corrected chi connectivity index (χ4v) is 2.97. The molecule has 0 saturated heterocycles. The van der Waals surface area contributed by atoms with Crippen LogP contribution in [0, 0.1) is 0 Å². The minimum atomic E-state index is 0.800. The quantitative estimate of drug-likeness (QED) is 0.690. The second-order valence-corrected chi connectivity index (χ2v) is 5.92. The predicted octanol–water partition coefficient (Wildman–Crippen LogP) is 4.40. The highest BCUT2D eigenvalue weighted by molar-refractivity contribution is 6.31. The Labute approximate surface area is 124 Å². The monoisotopic (exact) mass is 286 g/mol. The third kappa shape index (κ3) is 2.41. The van der Waals surface area contributed by atoms with E-state index in [2.05, 4.69) is 60.0 Å². The lowest BCUT2D eigenvalue weighted by molar-refractivity contribution is 0.389. The third-order valence-corrected chi connectivity index (χ3v) is 3.96. The summed E-state index contributed by atoms with van der Waals surface area (Å²) in [6, 6.07) is 14.8. The molecule has 0 N–H and O–H groups in total. The SMILES string of the molecule is CN(C)CCCn1c2ccccc2c2ccc(Cl)cc21. The number of fused-ring (bicyclic) bond motifs is 3. The number of rotatable bonds is 4. The molecule has 0 fully saturated rings. The third-order valence-electron chi connectivity index (χ3n) is 3.72. The normalized spacial score (nSPS) is 11.8. The van der Waals surface area contributed by atoms with E-state index >= 15 is 0 Å². The largest absolute Gasteiger partial charge is 0.340 e. The van der Waals surface area contributed by atoms with Crippen molar-refractivity contribution in [2.24, 2.45) is 0 Å². The van der Waals surface area contributed by atoms with Crippen LogP contribution in [0.1, 0.15) is 6.42 Å². The highest BCUT2D eigenvalue weighted by Crippen LogP contribution is 2.30. The molecule has 1 heterocycles. The Bertz CT molecular complexity index is 743. The highest BCUT2D eigenvalue weighted by atomic mass is 35.5. The molecular formula is C17H19ClN2. The van der Waals surface area contributed by atoms with Crippen molar-refractivity contribution in [2.75, 3.05) is 20.6 Å². The average Bonchev–Trinajstić information content (AvgIpc) is 2.73. The number of aromatic nitrogens is 1. The Kier molecular flexibility index (Phi) is 3.68. The molecule has 0 atom stereocenters. The number of hydrogen-bond acceptors (Lipinski definition) is 1. The van der Waals surface area contributed by atoms with Gasteiger partial charge in [-0.1, -0.05) is 35.9 Å². The van der Waals surface area contributed by atoms with E-state index in [0.717, 1.165) is 24.5 Å². The molecule has 0 unspecified atom stereocenters. The predicted molar refractivity (Wildman–Crippen MR) is 87.6 cm³/mol. The van der Waals surface area contributed by atoms with E-state index < -0.39 is 0 Å². The number of nitrogens with zero attached hydrogens (tertiary/aromatic N) is 2. The Hall–Kier alpha value is -1.51. The van der Waals surface area contributed by atoms with E-state index in [1.54, 1.807) is 0 Å². The van der Waals surface area contributed by atoms with Gasteiger partial charge in [-0.05, 0) is 45.3 Å². The van der Waals surface area contributed by atoms with Crippen molar-refractivity contribution in [2.45, 2.75) is 13.0 Å². The topological polar surface area (TPSA) is 8.17 Å². The van der Waals surface area contributed by atoms with Crippen LogP contribution in [0.2, 0.25) is 5.02 Å². The lowest BCUT2D eigenvalue weighted by Gasteiger charge is -2.11. The maximum atomic E-state index is 6.18. The van der Waals surface area contributed by atoms with E-state index in [1.165, 1.54) is 21.8 Å². The number of hydrogen-bond donors (Lipinski definition) is 0. The minimum Gasteiger partial charge on any atom is -0.340 e. The molecule has 0 amide bonds. The molecule has 0 spiro atoms. The minimum absolute atomic E-state index is 0.800. The number of benzene rings is 2. The Morgan fingerprint density at radius 3 is 2.55 bits per heavy atom. The maximum Gasteiger partial charge on any atom is 0.0506 e. The molecule has 0 bridgehead atoms. The standard InChI is InChI=1S/C17H19ClN2/c1-19(2)10-5-11-20-16-7-4-3-6-14(16)15-9-8-13(18)12-17(15)20/h3-4,6-9,12H,5,10-11H2,1-2H3. The van der Waals surface area contributed by atoms with Gasteiger partial charge in [-0.25, -0.2) is 0 Å². The molecule has 20 heavy (non-hydrogen) atoms. The lowest BCUT2D eigenvalue weighted by Crippen LogP contribution is -2.15. The summed E-state index contributed by atoms with van der Waals surface area (Å²) in [7, 11) is 4.23. The number of para-hydroxylation sites is 1. The van der Waals surface area contributed by atoms with Crippen molar-refractivity contribution in [1.82, 2.24) is 9.47 Å². The van der Waals surface area contributed by atoms with Crippen LogP contribution in [0.5, 0.6) is 0 Å². The first kappa shape index (κ1) is 13.5. The summed E-state index contributed by atoms with van der Waals surface area (Å²) in [4.78, 5) is 2.22. The van der Waals surface area contributed by atoms with E-state index in [9.17, 15) is 0 Å². The van der Waals surface area contributed by atoms with Crippen molar-refractivity contribution >= 4 is 33.4 Å². The smallest absolute Gasteiger partial charge is 0.0506 e. The van der Waals surface area contributed by atoms with E-state index in [0.29, 0.717) is 0 Å². The summed E-state index contributed by atoms with van der Waals surface area (Å²) in [5.41, 5.74) is 2.53. The highest BCUT2D eigenvalue weighted by Gasteiger charge is 2.10. The maximum absolute atomic E-state index is 6.18. The van der Waals surface area contributed by atoms with Gasteiger partial charge in [0, 0.05) is 27.9 Å². The van der Waals surface area contributed by atoms with Crippen LogP contribution in [0.25, 0.3) is 21.8 Å². The molecule has 0 aliphatic rings. The van der Waals surface area contributed by atoms with Crippen LogP contribution in [-0.4, -0.2) is 30.1 Å². The molecule has 3 heteroatoms. The zero-order valence-corrected chi connectivity index (χ0v) is 12.7. The molecule has 1 aromatic heterocycles. The molecule has 3 rings (SSSR count). The summed E-state index contributed by atoms with van der Waals surface area (Å²) in [5.74, 6) is 0. The van der Waals surface area contributed by atoms with Crippen LogP contribution in [0.3, 0.4) is 0 Å². The Balaban J connectivity index is 2.12. The summed E-state index contributed by atoms with van der Waals surface area (Å²) < 4.78 is 2.39. The Morgan fingerprint density at radius 2 is 1.75 bits per heavy atom. The van der Waals surface area contributed by atoms with Crippen LogP contribution >= 0.6 is 11.6 Å². The van der Waals surface area contributed by atoms with Gasteiger partial charge >= 0.3 is 0 Å². The van der Waals surface area contributed by atoms with Crippen LogP contribution in [0.4, 0.5) is 0 Å². The first-order chi connectivity index (χ1) is 9.66. The van der Waals surface area contributed by atoms with Crippen molar-refractivity contribution in [3.05, 3.63) is 47.5 Å². The average molecular weight is 287 g/mol. The molecule has 2 aromatic carbocycles. The lowest BCUT2D eigenvalue weighted by atomic mass is 10.2. The fraction of sp³-hybridized carbons (Fsp3) is 0.294. The van der Waals surface area contributed by atoms with Gasteiger partial charge < -0.3 is 9.47 Å². The van der Waals surface area contributed by atoms with Gasteiger partial charge in [0.15, 0.2) is 0 Å². The molecule has 2 nitrogen and oxygen atoms in total. The Morgan fingerprint density at radius 1 is 1.00 bits per heavy atom. The molecule has 0 saturated carbocycles. The molecule has 104 valence electrons. The molecule has 3 aromatic rings. The molecule has 0 aliphatic carbocycles. The van der Waals surface area contributed by atoms with E-state index in [1.807, 2.05) is 6.07 Å². The number of halogens is 1. The summed E-state index contributed by atoms with van der Waals surface area (Å²) in [5, 5.41) is 3.40. The number of aryl methyl sites for hydroxylation is 1. The zero-order valence-electron chi connectivity index (χ0n) is 11.9. The molecular weight excluding hydrogens is 268 g/mol. The summed E-state index contributed by atoms with van der Waals surface area (Å²) >= 11 is 6.18. The van der Waals surface area contributed by atoms with Gasteiger partial charge in [0.25, 0.3) is 0 Å².